The van der Waals surface area contributed by atoms with Crippen LogP contribution in [0.25, 0.3) is 11.4 Å². The number of nitrogens with zero attached hydrogens (tertiary/aromatic N) is 2. The molecular weight excluding hydrogens is 272 g/mol. The maximum absolute atomic E-state index is 9.44. The smallest absolute Gasteiger partial charge is 0.226 e. The van der Waals surface area contributed by atoms with Gasteiger partial charge in [-0.3, -0.25) is 0 Å². The molecule has 20 heavy (non-hydrogen) atoms. The molecule has 3 aromatic rings. The van der Waals surface area contributed by atoms with Crippen LogP contribution in [0.3, 0.4) is 0 Å². The average molecular weight is 286 g/mol. The molecule has 5 heteroatoms. The third-order valence-corrected chi connectivity index (χ3v) is 3.90. The van der Waals surface area contributed by atoms with Crippen molar-refractivity contribution < 1.29 is 9.63 Å². The molecule has 0 saturated heterocycles. The van der Waals surface area contributed by atoms with E-state index >= 15 is 0 Å². The highest BCUT2D eigenvalue weighted by Gasteiger charge is 2.09. The van der Waals surface area contributed by atoms with Gasteiger partial charge in [0.2, 0.25) is 11.7 Å². The van der Waals surface area contributed by atoms with Crippen molar-refractivity contribution in [2.75, 3.05) is 0 Å². The molecule has 1 N–H and O–H groups in total. The Morgan fingerprint density at radius 2 is 2.10 bits per heavy atom. The van der Waals surface area contributed by atoms with E-state index in [2.05, 4.69) is 27.7 Å². The molecule has 0 atom stereocenters. The maximum atomic E-state index is 9.44. The molecule has 1 aromatic carbocycles. The summed E-state index contributed by atoms with van der Waals surface area (Å²) in [6, 6.07) is 11.0. The van der Waals surface area contributed by atoms with Crippen LogP contribution in [-0.2, 0) is 12.8 Å². The van der Waals surface area contributed by atoms with Gasteiger partial charge in [-0.25, -0.2) is 0 Å². The Bertz CT molecular complexity index is 677. The van der Waals surface area contributed by atoms with Crippen molar-refractivity contribution in [2.24, 2.45) is 0 Å². The van der Waals surface area contributed by atoms with Crippen LogP contribution in [0.1, 0.15) is 17.2 Å². The van der Waals surface area contributed by atoms with E-state index in [0.29, 0.717) is 11.7 Å². The fraction of sp³-hybridized carbons (Fsp3) is 0.200. The number of hydrogen-bond acceptors (Lipinski definition) is 5. The fourth-order valence-electron chi connectivity index (χ4n) is 1.99. The molecule has 0 aliphatic rings. The Balaban J connectivity index is 1.62. The van der Waals surface area contributed by atoms with Crippen molar-refractivity contribution in [1.82, 2.24) is 10.1 Å². The second kappa shape index (κ2) is 5.88. The van der Waals surface area contributed by atoms with Gasteiger partial charge < -0.3 is 9.63 Å². The first kappa shape index (κ1) is 12.9. The van der Waals surface area contributed by atoms with Crippen molar-refractivity contribution in [1.29, 1.82) is 0 Å². The van der Waals surface area contributed by atoms with Gasteiger partial charge in [-0.15, -0.1) is 11.3 Å². The van der Waals surface area contributed by atoms with Crippen molar-refractivity contribution in [2.45, 2.75) is 19.3 Å². The minimum atomic E-state index is 0.201. The number of benzene rings is 1. The van der Waals surface area contributed by atoms with E-state index in [1.165, 1.54) is 4.88 Å². The molecule has 2 heterocycles. The lowest BCUT2D eigenvalue weighted by molar-refractivity contribution is 0.376. The molecule has 0 aliphatic carbocycles. The lowest BCUT2D eigenvalue weighted by Crippen LogP contribution is -1.88. The third kappa shape index (κ3) is 3.05. The first-order valence-electron chi connectivity index (χ1n) is 6.45. The Hall–Kier alpha value is -2.14. The number of phenolic OH excluding ortho intramolecular Hbond substituents is 1. The quantitative estimate of drug-likeness (QED) is 0.777. The summed E-state index contributed by atoms with van der Waals surface area (Å²) >= 11 is 1.77. The van der Waals surface area contributed by atoms with Gasteiger partial charge in [-0.05, 0) is 36.4 Å². The van der Waals surface area contributed by atoms with Crippen LogP contribution in [0.4, 0.5) is 0 Å². The van der Waals surface area contributed by atoms with Crippen LogP contribution < -0.4 is 0 Å². The molecule has 2 aromatic heterocycles. The van der Waals surface area contributed by atoms with E-state index in [-0.39, 0.29) is 5.75 Å². The van der Waals surface area contributed by atoms with Crippen LogP contribution in [0.2, 0.25) is 0 Å². The summed E-state index contributed by atoms with van der Waals surface area (Å²) in [5.74, 6) is 1.36. The highest BCUT2D eigenvalue weighted by molar-refractivity contribution is 7.09. The molecule has 0 amide bonds. The molecule has 0 bridgehead atoms. The largest absolute Gasteiger partial charge is 0.508 e. The lowest BCUT2D eigenvalue weighted by atomic mass is 10.2. The van der Waals surface area contributed by atoms with E-state index in [4.69, 9.17) is 4.52 Å². The van der Waals surface area contributed by atoms with Gasteiger partial charge in [-0.1, -0.05) is 23.4 Å². The summed E-state index contributed by atoms with van der Waals surface area (Å²) in [4.78, 5) is 5.73. The van der Waals surface area contributed by atoms with Crippen LogP contribution >= 0.6 is 11.3 Å². The van der Waals surface area contributed by atoms with Crippen molar-refractivity contribution >= 4 is 11.3 Å². The Kier molecular flexibility index (Phi) is 3.78. The zero-order chi connectivity index (χ0) is 13.8. The molecule has 3 rings (SSSR count). The first-order valence-corrected chi connectivity index (χ1v) is 7.33. The summed E-state index contributed by atoms with van der Waals surface area (Å²) < 4.78 is 5.24. The van der Waals surface area contributed by atoms with Crippen LogP contribution in [0.15, 0.2) is 46.3 Å². The van der Waals surface area contributed by atoms with E-state index < -0.39 is 0 Å². The molecule has 0 saturated carbocycles. The number of thiophene rings is 1. The SMILES string of the molecule is Oc1cccc(-c2noc(CCCc3cccs3)n2)c1. The van der Waals surface area contributed by atoms with E-state index in [1.807, 2.05) is 6.07 Å². The van der Waals surface area contributed by atoms with Crippen LogP contribution in [0.5, 0.6) is 5.75 Å². The molecule has 0 fully saturated rings. The summed E-state index contributed by atoms with van der Waals surface area (Å²) in [5, 5.41) is 15.5. The zero-order valence-electron chi connectivity index (χ0n) is 10.8. The molecule has 0 aliphatic heterocycles. The topological polar surface area (TPSA) is 59.2 Å². The molecule has 0 spiro atoms. The van der Waals surface area contributed by atoms with Gasteiger partial charge in [0.05, 0.1) is 0 Å². The van der Waals surface area contributed by atoms with E-state index in [0.717, 1.165) is 24.8 Å². The third-order valence-electron chi connectivity index (χ3n) is 2.97. The second-order valence-electron chi connectivity index (χ2n) is 4.49. The average Bonchev–Trinajstić information content (AvgIpc) is 3.10. The maximum Gasteiger partial charge on any atom is 0.226 e. The first-order chi connectivity index (χ1) is 9.81. The van der Waals surface area contributed by atoms with Gasteiger partial charge in [-0.2, -0.15) is 4.98 Å². The highest BCUT2D eigenvalue weighted by atomic mass is 32.1. The van der Waals surface area contributed by atoms with Crippen LogP contribution in [0, 0.1) is 0 Å². The molecule has 0 radical (unpaired) electrons. The number of aromatic hydroxyl groups is 1. The molecule has 102 valence electrons. The standard InChI is InChI=1S/C15H14N2O2S/c18-12-5-1-4-11(10-12)15-16-14(19-17-15)8-2-6-13-7-3-9-20-13/h1,3-5,7,9-10,18H,2,6,8H2. The predicted octanol–water partition coefficient (Wildman–Crippen LogP) is 3.68. The van der Waals surface area contributed by atoms with Crippen molar-refractivity contribution in [3.05, 3.63) is 52.5 Å². The fourth-order valence-corrected chi connectivity index (χ4v) is 2.74. The van der Waals surface area contributed by atoms with Gasteiger partial charge in [0.15, 0.2) is 0 Å². The van der Waals surface area contributed by atoms with E-state index in [9.17, 15) is 5.11 Å². The number of hydrogen-bond donors (Lipinski definition) is 1. The van der Waals surface area contributed by atoms with Gasteiger partial charge in [0, 0.05) is 16.9 Å². The summed E-state index contributed by atoms with van der Waals surface area (Å²) in [6.45, 7) is 0. The summed E-state index contributed by atoms with van der Waals surface area (Å²) in [6.07, 6.45) is 2.79. The minimum Gasteiger partial charge on any atom is -0.508 e. The normalized spacial score (nSPS) is 10.8. The van der Waals surface area contributed by atoms with Gasteiger partial charge in [0.25, 0.3) is 0 Å². The number of phenols is 1. The second-order valence-corrected chi connectivity index (χ2v) is 5.53. The Morgan fingerprint density at radius 3 is 2.90 bits per heavy atom. The molecule has 4 nitrogen and oxygen atoms in total. The van der Waals surface area contributed by atoms with Gasteiger partial charge >= 0.3 is 0 Å². The molecular formula is C15H14N2O2S. The Labute approximate surface area is 120 Å². The summed E-state index contributed by atoms with van der Waals surface area (Å²) in [5.41, 5.74) is 0.762. The monoisotopic (exact) mass is 286 g/mol. The van der Waals surface area contributed by atoms with Crippen molar-refractivity contribution in [3.8, 4) is 17.1 Å². The highest BCUT2D eigenvalue weighted by Crippen LogP contribution is 2.21. The predicted molar refractivity (Wildman–Crippen MR) is 77.7 cm³/mol. The Morgan fingerprint density at radius 1 is 1.15 bits per heavy atom. The number of rotatable bonds is 5. The van der Waals surface area contributed by atoms with Crippen LogP contribution in [-0.4, -0.2) is 15.2 Å². The van der Waals surface area contributed by atoms with Crippen molar-refractivity contribution in [3.63, 3.8) is 0 Å². The zero-order valence-corrected chi connectivity index (χ0v) is 11.6. The minimum absolute atomic E-state index is 0.201. The number of aromatic nitrogens is 2. The summed E-state index contributed by atoms with van der Waals surface area (Å²) in [7, 11) is 0. The molecule has 0 unspecified atom stereocenters. The van der Waals surface area contributed by atoms with Gasteiger partial charge in [0.1, 0.15) is 5.75 Å². The lowest BCUT2D eigenvalue weighted by Gasteiger charge is -1.95. The number of aryl methyl sites for hydroxylation is 2. The van der Waals surface area contributed by atoms with E-state index in [1.54, 1.807) is 29.5 Å².